The summed E-state index contributed by atoms with van der Waals surface area (Å²) in [5, 5.41) is 12.6. The monoisotopic (exact) mass is 264 g/mol. The number of hydrogen-bond donors (Lipinski definition) is 1. The molecule has 0 bridgehead atoms. The summed E-state index contributed by atoms with van der Waals surface area (Å²) in [4.78, 5) is 6.02. The van der Waals surface area contributed by atoms with Gasteiger partial charge in [-0.15, -0.1) is 0 Å². The van der Waals surface area contributed by atoms with Crippen LogP contribution in [0.15, 0.2) is 35.3 Å². The Bertz CT molecular complexity index is 390. The van der Waals surface area contributed by atoms with Crippen LogP contribution in [0.3, 0.4) is 0 Å². The van der Waals surface area contributed by atoms with E-state index < -0.39 is 6.10 Å². The molecular weight excluding hydrogens is 244 g/mol. The van der Waals surface area contributed by atoms with Gasteiger partial charge in [0.2, 0.25) is 0 Å². The number of aliphatic hydroxyl groups is 1. The molecule has 0 saturated heterocycles. The molecule has 0 fully saturated rings. The third kappa shape index (κ3) is 4.67. The zero-order valence-electron chi connectivity index (χ0n) is 10.9. The molecule has 98 valence electrons. The Morgan fingerprint density at radius 3 is 2.67 bits per heavy atom. The number of likely N-dealkylation sites (N-methyl/N-ethyl adjacent to an activating group) is 1. The van der Waals surface area contributed by atoms with Crippen molar-refractivity contribution in [2.75, 3.05) is 20.1 Å². The van der Waals surface area contributed by atoms with Crippen molar-refractivity contribution >= 4 is 17.4 Å². The fourth-order valence-electron chi connectivity index (χ4n) is 1.82. The van der Waals surface area contributed by atoms with Crippen LogP contribution in [0.4, 0.5) is 0 Å². The molecule has 0 aromatic heterocycles. The molecule has 0 aliphatic rings. The van der Waals surface area contributed by atoms with Crippen LogP contribution in [0, 0.1) is 0 Å². The van der Waals surface area contributed by atoms with Crippen molar-refractivity contribution in [1.29, 1.82) is 0 Å². The van der Waals surface area contributed by atoms with Gasteiger partial charge in [-0.05, 0) is 38.2 Å². The molecule has 0 aliphatic carbocycles. The maximum absolute atomic E-state index is 10.3. The number of hydrogen-bond acceptors (Lipinski definition) is 4. The summed E-state index contributed by atoms with van der Waals surface area (Å²) in [6, 6.07) is 9.81. The standard InChI is InChI=1S/C14H20N2OS/c1-12(16(2)10-6-9-15-11-18)14(17)13-7-4-3-5-8-13/h3-5,7-8,12,14,17H,6,9-10H2,1-2H3/t12-,14+/m1/s1. The minimum atomic E-state index is -0.467. The van der Waals surface area contributed by atoms with Crippen molar-refractivity contribution in [3.05, 3.63) is 35.9 Å². The third-order valence-electron chi connectivity index (χ3n) is 3.14. The highest BCUT2D eigenvalue weighted by Crippen LogP contribution is 2.19. The van der Waals surface area contributed by atoms with E-state index in [1.54, 1.807) is 0 Å². The molecule has 4 heteroatoms. The SMILES string of the molecule is C[C@H]([C@H](O)c1ccccc1)N(C)CCCN=C=S. The summed E-state index contributed by atoms with van der Waals surface area (Å²) in [5.74, 6) is 0. The lowest BCUT2D eigenvalue weighted by Crippen LogP contribution is -2.35. The van der Waals surface area contributed by atoms with Crippen molar-refractivity contribution in [2.45, 2.75) is 25.5 Å². The second-order valence-electron chi connectivity index (χ2n) is 4.40. The maximum atomic E-state index is 10.3. The van der Waals surface area contributed by atoms with Gasteiger partial charge in [0.1, 0.15) is 0 Å². The lowest BCUT2D eigenvalue weighted by Gasteiger charge is -2.28. The van der Waals surface area contributed by atoms with Gasteiger partial charge in [0, 0.05) is 12.6 Å². The summed E-state index contributed by atoms with van der Waals surface area (Å²) in [7, 11) is 2.01. The van der Waals surface area contributed by atoms with Gasteiger partial charge in [0.15, 0.2) is 0 Å². The van der Waals surface area contributed by atoms with Crippen LogP contribution in [0.5, 0.6) is 0 Å². The zero-order valence-corrected chi connectivity index (χ0v) is 11.7. The fraction of sp³-hybridized carbons (Fsp3) is 0.500. The second-order valence-corrected chi connectivity index (χ2v) is 4.59. The van der Waals surface area contributed by atoms with Crippen LogP contribution in [0.1, 0.15) is 25.0 Å². The molecule has 1 N–H and O–H groups in total. The Hall–Kier alpha value is -1.06. The van der Waals surface area contributed by atoms with Crippen molar-refractivity contribution in [2.24, 2.45) is 4.99 Å². The molecular formula is C14H20N2OS. The number of rotatable bonds is 7. The molecule has 0 amide bonds. The molecule has 18 heavy (non-hydrogen) atoms. The Labute approximate surface area is 114 Å². The molecule has 1 aromatic carbocycles. The van der Waals surface area contributed by atoms with E-state index in [-0.39, 0.29) is 6.04 Å². The van der Waals surface area contributed by atoms with E-state index >= 15 is 0 Å². The van der Waals surface area contributed by atoms with E-state index in [0.717, 1.165) is 18.5 Å². The minimum Gasteiger partial charge on any atom is -0.387 e. The summed E-state index contributed by atoms with van der Waals surface area (Å²) in [6.45, 7) is 3.60. The van der Waals surface area contributed by atoms with Crippen molar-refractivity contribution in [3.8, 4) is 0 Å². The average molecular weight is 264 g/mol. The minimum absolute atomic E-state index is 0.0730. The number of isothiocyanates is 1. The van der Waals surface area contributed by atoms with Gasteiger partial charge >= 0.3 is 0 Å². The van der Waals surface area contributed by atoms with Gasteiger partial charge in [-0.1, -0.05) is 30.3 Å². The fourth-order valence-corrected chi connectivity index (χ4v) is 1.91. The highest BCUT2D eigenvalue weighted by atomic mass is 32.1. The van der Waals surface area contributed by atoms with Gasteiger partial charge < -0.3 is 10.0 Å². The summed E-state index contributed by atoms with van der Waals surface area (Å²) in [6.07, 6.45) is 0.455. The lowest BCUT2D eigenvalue weighted by molar-refractivity contribution is 0.0724. The molecule has 0 saturated carbocycles. The molecule has 0 aliphatic heterocycles. The molecule has 0 unspecified atom stereocenters. The van der Waals surface area contributed by atoms with Crippen LogP contribution < -0.4 is 0 Å². The van der Waals surface area contributed by atoms with Gasteiger partial charge in [-0.3, -0.25) is 0 Å². The predicted octanol–water partition coefficient (Wildman–Crippen LogP) is 2.53. The first-order valence-electron chi connectivity index (χ1n) is 6.13. The van der Waals surface area contributed by atoms with Crippen LogP contribution >= 0.6 is 12.2 Å². The highest BCUT2D eigenvalue weighted by Gasteiger charge is 2.19. The second kappa shape index (κ2) is 8.11. The Kier molecular flexibility index (Phi) is 6.76. The predicted molar refractivity (Wildman–Crippen MR) is 78.0 cm³/mol. The number of aliphatic hydroxyl groups excluding tert-OH is 1. The quantitative estimate of drug-likeness (QED) is 0.467. The van der Waals surface area contributed by atoms with Gasteiger partial charge in [-0.25, -0.2) is 4.99 Å². The third-order valence-corrected chi connectivity index (χ3v) is 3.27. The number of thiocarbonyl (C=S) groups is 1. The van der Waals surface area contributed by atoms with Crippen molar-refractivity contribution in [1.82, 2.24) is 4.90 Å². The molecule has 0 radical (unpaired) electrons. The summed E-state index contributed by atoms with van der Waals surface area (Å²) >= 11 is 4.52. The van der Waals surface area contributed by atoms with Crippen LogP contribution in [0.25, 0.3) is 0 Å². The Morgan fingerprint density at radius 1 is 1.39 bits per heavy atom. The molecule has 0 heterocycles. The Morgan fingerprint density at radius 2 is 2.06 bits per heavy atom. The van der Waals surface area contributed by atoms with E-state index in [2.05, 4.69) is 27.3 Å². The first-order chi connectivity index (χ1) is 8.66. The van der Waals surface area contributed by atoms with Crippen LogP contribution in [0.2, 0.25) is 0 Å². The smallest absolute Gasteiger partial charge is 0.0942 e. The topological polar surface area (TPSA) is 35.8 Å². The molecule has 1 rings (SSSR count). The number of aliphatic imine (C=N–C) groups is 1. The summed E-state index contributed by atoms with van der Waals surface area (Å²) in [5.41, 5.74) is 0.953. The zero-order chi connectivity index (χ0) is 13.4. The molecule has 1 aromatic rings. The van der Waals surface area contributed by atoms with Crippen LogP contribution in [-0.4, -0.2) is 41.3 Å². The maximum Gasteiger partial charge on any atom is 0.0942 e. The number of nitrogens with zero attached hydrogens (tertiary/aromatic N) is 2. The molecule has 0 spiro atoms. The van der Waals surface area contributed by atoms with E-state index in [4.69, 9.17) is 0 Å². The molecule has 2 atom stereocenters. The van der Waals surface area contributed by atoms with Crippen LogP contribution in [-0.2, 0) is 0 Å². The van der Waals surface area contributed by atoms with Gasteiger partial charge in [-0.2, -0.15) is 0 Å². The number of benzene rings is 1. The lowest BCUT2D eigenvalue weighted by atomic mass is 10.0. The van der Waals surface area contributed by atoms with E-state index in [0.29, 0.717) is 6.54 Å². The first-order valence-corrected chi connectivity index (χ1v) is 6.54. The van der Waals surface area contributed by atoms with E-state index in [9.17, 15) is 5.11 Å². The Balaban J connectivity index is 2.47. The van der Waals surface area contributed by atoms with E-state index in [1.165, 1.54) is 0 Å². The van der Waals surface area contributed by atoms with Gasteiger partial charge in [0.05, 0.1) is 17.8 Å². The first kappa shape index (κ1) is 15.0. The van der Waals surface area contributed by atoms with Crippen molar-refractivity contribution in [3.63, 3.8) is 0 Å². The highest BCUT2D eigenvalue weighted by molar-refractivity contribution is 7.78. The normalized spacial score (nSPS) is 14.0. The molecule has 3 nitrogen and oxygen atoms in total. The summed E-state index contributed by atoms with van der Waals surface area (Å²) < 4.78 is 0. The van der Waals surface area contributed by atoms with Crippen molar-refractivity contribution < 1.29 is 5.11 Å². The average Bonchev–Trinajstić information content (AvgIpc) is 2.42. The largest absolute Gasteiger partial charge is 0.387 e. The van der Waals surface area contributed by atoms with Gasteiger partial charge in [0.25, 0.3) is 0 Å². The van der Waals surface area contributed by atoms with E-state index in [1.807, 2.05) is 44.3 Å².